The molecule has 0 saturated heterocycles. The van der Waals surface area contributed by atoms with Gasteiger partial charge in [-0.1, -0.05) is 30.3 Å². The van der Waals surface area contributed by atoms with Crippen LogP contribution in [0.1, 0.15) is 18.4 Å². The van der Waals surface area contributed by atoms with E-state index in [9.17, 15) is 4.79 Å². The predicted molar refractivity (Wildman–Crippen MR) is 74.7 cm³/mol. The van der Waals surface area contributed by atoms with Crippen LogP contribution in [-0.4, -0.2) is 31.7 Å². The van der Waals surface area contributed by atoms with Crippen LogP contribution in [0.25, 0.3) is 0 Å². The van der Waals surface area contributed by atoms with Crippen molar-refractivity contribution in [3.8, 4) is 0 Å². The number of hydrogen-bond acceptors (Lipinski definition) is 3. The molecule has 0 radical (unpaired) electrons. The van der Waals surface area contributed by atoms with Crippen molar-refractivity contribution >= 4 is 5.91 Å². The zero-order chi connectivity index (χ0) is 13.5. The molecule has 0 bridgehead atoms. The van der Waals surface area contributed by atoms with E-state index < -0.39 is 0 Å². The molecule has 0 spiro atoms. The van der Waals surface area contributed by atoms with Gasteiger partial charge in [0.05, 0.1) is 6.61 Å². The largest absolute Gasteiger partial charge is 0.371 e. The Kier molecular flexibility index (Phi) is 5.36. The van der Waals surface area contributed by atoms with Gasteiger partial charge >= 0.3 is 0 Å². The van der Waals surface area contributed by atoms with Crippen molar-refractivity contribution in [1.82, 2.24) is 5.32 Å². The average molecular weight is 262 g/mol. The molecular weight excluding hydrogens is 240 g/mol. The smallest absolute Gasteiger partial charge is 0.246 e. The highest BCUT2D eigenvalue weighted by atomic mass is 16.5. The lowest BCUT2D eigenvalue weighted by Gasteiger charge is -2.15. The molecule has 1 amide bonds. The third-order valence-electron chi connectivity index (χ3n) is 3.40. The summed E-state index contributed by atoms with van der Waals surface area (Å²) < 4.78 is 5.39. The van der Waals surface area contributed by atoms with Gasteiger partial charge in [-0.2, -0.15) is 0 Å². The fourth-order valence-electron chi connectivity index (χ4n) is 2.12. The van der Waals surface area contributed by atoms with Gasteiger partial charge in [-0.25, -0.2) is 0 Å². The highest BCUT2D eigenvalue weighted by molar-refractivity contribution is 5.77. The van der Waals surface area contributed by atoms with Crippen LogP contribution in [-0.2, 0) is 16.0 Å². The van der Waals surface area contributed by atoms with E-state index in [1.54, 1.807) is 0 Å². The van der Waals surface area contributed by atoms with Crippen molar-refractivity contribution in [1.29, 1.82) is 0 Å². The van der Waals surface area contributed by atoms with E-state index in [2.05, 4.69) is 17.4 Å². The molecular formula is C15H22N2O2. The third-order valence-corrected chi connectivity index (χ3v) is 3.40. The second-order valence-corrected chi connectivity index (χ2v) is 5.04. The lowest BCUT2D eigenvalue weighted by Crippen LogP contribution is -2.43. The second kappa shape index (κ2) is 7.26. The standard InChI is InChI=1S/C15H22N2O2/c16-10-14(13-6-7-13)17-15(18)11-19-9-8-12-4-2-1-3-5-12/h1-5,13-14H,6-11,16H2,(H,17,18). The number of benzene rings is 1. The molecule has 1 aliphatic rings. The molecule has 4 heteroatoms. The number of carbonyl (C=O) groups is 1. The van der Waals surface area contributed by atoms with Crippen LogP contribution < -0.4 is 11.1 Å². The predicted octanol–water partition coefficient (Wildman–Crippen LogP) is 1.10. The molecule has 1 fully saturated rings. The van der Waals surface area contributed by atoms with Crippen LogP contribution >= 0.6 is 0 Å². The van der Waals surface area contributed by atoms with Gasteiger partial charge in [0, 0.05) is 12.6 Å². The highest BCUT2D eigenvalue weighted by Crippen LogP contribution is 2.32. The van der Waals surface area contributed by atoms with Gasteiger partial charge < -0.3 is 15.8 Å². The summed E-state index contributed by atoms with van der Waals surface area (Å²) >= 11 is 0. The topological polar surface area (TPSA) is 64.3 Å². The monoisotopic (exact) mass is 262 g/mol. The molecule has 1 aromatic carbocycles. The van der Waals surface area contributed by atoms with Crippen molar-refractivity contribution in [2.45, 2.75) is 25.3 Å². The van der Waals surface area contributed by atoms with Crippen molar-refractivity contribution < 1.29 is 9.53 Å². The fourth-order valence-corrected chi connectivity index (χ4v) is 2.12. The lowest BCUT2D eigenvalue weighted by atomic mass is 10.2. The summed E-state index contributed by atoms with van der Waals surface area (Å²) in [6.07, 6.45) is 3.19. The van der Waals surface area contributed by atoms with E-state index in [0.717, 1.165) is 6.42 Å². The van der Waals surface area contributed by atoms with Crippen molar-refractivity contribution in [2.24, 2.45) is 11.7 Å². The summed E-state index contributed by atoms with van der Waals surface area (Å²) in [5.41, 5.74) is 6.86. The van der Waals surface area contributed by atoms with Crippen molar-refractivity contribution in [3.05, 3.63) is 35.9 Å². The van der Waals surface area contributed by atoms with Crippen molar-refractivity contribution in [2.75, 3.05) is 19.8 Å². The number of amides is 1. The van der Waals surface area contributed by atoms with Gasteiger partial charge in [0.15, 0.2) is 0 Å². The van der Waals surface area contributed by atoms with E-state index in [-0.39, 0.29) is 18.6 Å². The molecule has 1 atom stereocenters. The minimum Gasteiger partial charge on any atom is -0.371 e. The molecule has 4 nitrogen and oxygen atoms in total. The Hall–Kier alpha value is -1.39. The first-order chi connectivity index (χ1) is 9.29. The Labute approximate surface area is 114 Å². The van der Waals surface area contributed by atoms with Crippen LogP contribution in [0.4, 0.5) is 0 Å². The number of ether oxygens (including phenoxy) is 1. The summed E-state index contributed by atoms with van der Waals surface area (Å²) in [5.74, 6) is 0.522. The molecule has 0 heterocycles. The Morgan fingerprint density at radius 3 is 2.74 bits per heavy atom. The van der Waals surface area contributed by atoms with Gasteiger partial charge in [0.2, 0.25) is 5.91 Å². The Balaban J connectivity index is 1.58. The maximum atomic E-state index is 11.7. The van der Waals surface area contributed by atoms with E-state index in [4.69, 9.17) is 10.5 Å². The Bertz CT molecular complexity index is 390. The zero-order valence-electron chi connectivity index (χ0n) is 11.2. The summed E-state index contributed by atoms with van der Waals surface area (Å²) in [6.45, 7) is 1.20. The molecule has 1 aliphatic carbocycles. The third kappa shape index (κ3) is 5.01. The van der Waals surface area contributed by atoms with Crippen LogP contribution in [0, 0.1) is 5.92 Å². The summed E-state index contributed by atoms with van der Waals surface area (Å²) in [7, 11) is 0. The van der Waals surface area contributed by atoms with Crippen LogP contribution in [0.5, 0.6) is 0 Å². The van der Waals surface area contributed by atoms with Gasteiger partial charge in [-0.05, 0) is 30.7 Å². The fraction of sp³-hybridized carbons (Fsp3) is 0.533. The van der Waals surface area contributed by atoms with Gasteiger partial charge in [0.25, 0.3) is 0 Å². The zero-order valence-corrected chi connectivity index (χ0v) is 11.2. The minimum atomic E-state index is -0.0598. The molecule has 19 heavy (non-hydrogen) atoms. The van der Waals surface area contributed by atoms with E-state index >= 15 is 0 Å². The number of nitrogens with one attached hydrogen (secondary N) is 1. The summed E-state index contributed by atoms with van der Waals surface area (Å²) in [4.78, 5) is 11.7. The summed E-state index contributed by atoms with van der Waals surface area (Å²) in [6, 6.07) is 10.2. The second-order valence-electron chi connectivity index (χ2n) is 5.04. The molecule has 3 N–H and O–H groups in total. The molecule has 1 saturated carbocycles. The highest BCUT2D eigenvalue weighted by Gasteiger charge is 2.31. The average Bonchev–Trinajstić information content (AvgIpc) is 3.27. The number of rotatable bonds is 8. The van der Waals surface area contributed by atoms with E-state index in [1.165, 1.54) is 18.4 Å². The molecule has 0 aliphatic heterocycles. The number of hydrogen-bond donors (Lipinski definition) is 2. The Morgan fingerprint density at radius 2 is 2.11 bits per heavy atom. The normalized spacial score (nSPS) is 16.1. The SMILES string of the molecule is NCC(NC(=O)COCCc1ccccc1)C1CC1. The van der Waals surface area contributed by atoms with Crippen LogP contribution in [0.2, 0.25) is 0 Å². The van der Waals surface area contributed by atoms with Crippen LogP contribution in [0.15, 0.2) is 30.3 Å². The molecule has 0 aromatic heterocycles. The lowest BCUT2D eigenvalue weighted by molar-refractivity contribution is -0.126. The Morgan fingerprint density at radius 1 is 1.37 bits per heavy atom. The first kappa shape index (κ1) is 14.0. The number of carbonyl (C=O) groups excluding carboxylic acids is 1. The van der Waals surface area contributed by atoms with Gasteiger partial charge in [-0.15, -0.1) is 0 Å². The van der Waals surface area contributed by atoms with Gasteiger partial charge in [-0.3, -0.25) is 4.79 Å². The minimum absolute atomic E-state index is 0.0598. The first-order valence-electron chi connectivity index (χ1n) is 6.90. The quantitative estimate of drug-likeness (QED) is 0.690. The number of nitrogens with two attached hydrogens (primary N) is 1. The molecule has 1 aromatic rings. The first-order valence-corrected chi connectivity index (χ1v) is 6.90. The van der Waals surface area contributed by atoms with Crippen molar-refractivity contribution in [3.63, 3.8) is 0 Å². The van der Waals surface area contributed by atoms with Crippen LogP contribution in [0.3, 0.4) is 0 Å². The summed E-state index contributed by atoms with van der Waals surface area (Å²) in [5, 5.41) is 2.94. The maximum Gasteiger partial charge on any atom is 0.246 e. The molecule has 104 valence electrons. The van der Waals surface area contributed by atoms with Gasteiger partial charge in [0.1, 0.15) is 6.61 Å². The molecule has 1 unspecified atom stereocenters. The van der Waals surface area contributed by atoms with E-state index in [1.807, 2.05) is 18.2 Å². The van der Waals surface area contributed by atoms with E-state index in [0.29, 0.717) is 19.1 Å². The molecule has 2 rings (SSSR count). The maximum absolute atomic E-state index is 11.7.